The van der Waals surface area contributed by atoms with Crippen LogP contribution in [0.2, 0.25) is 5.02 Å². The first-order valence-corrected chi connectivity index (χ1v) is 7.91. The predicted octanol–water partition coefficient (Wildman–Crippen LogP) is 1.62. The molecule has 1 atom stereocenters. The maximum Gasteiger partial charge on any atom is 0.229 e. The SMILES string of the molecule is NC(=O)C1CCN(C(=O)[C@H]2COc3ccc(Cl)cc3C2)CC1. The average Bonchev–Trinajstić information content (AvgIpc) is 2.53. The van der Waals surface area contributed by atoms with E-state index in [9.17, 15) is 9.59 Å². The predicted molar refractivity (Wildman–Crippen MR) is 82.6 cm³/mol. The van der Waals surface area contributed by atoms with Gasteiger partial charge in [0.2, 0.25) is 11.8 Å². The Hall–Kier alpha value is -1.75. The minimum absolute atomic E-state index is 0.0912. The second-order valence-corrected chi connectivity index (χ2v) is 6.40. The molecule has 0 radical (unpaired) electrons. The number of hydrogen-bond acceptors (Lipinski definition) is 3. The number of benzene rings is 1. The summed E-state index contributed by atoms with van der Waals surface area (Å²) in [5, 5.41) is 0.651. The fourth-order valence-corrected chi connectivity index (χ4v) is 3.36. The summed E-state index contributed by atoms with van der Waals surface area (Å²) in [6.45, 7) is 1.57. The lowest BCUT2D eigenvalue weighted by atomic mass is 9.92. The number of hydrogen-bond donors (Lipinski definition) is 1. The Morgan fingerprint density at radius 2 is 1.95 bits per heavy atom. The molecule has 0 aromatic heterocycles. The number of carbonyl (C=O) groups is 2. The van der Waals surface area contributed by atoms with Gasteiger partial charge < -0.3 is 15.4 Å². The van der Waals surface area contributed by atoms with E-state index in [4.69, 9.17) is 22.1 Å². The lowest BCUT2D eigenvalue weighted by Gasteiger charge is -2.34. The van der Waals surface area contributed by atoms with Gasteiger partial charge in [0.15, 0.2) is 0 Å². The lowest BCUT2D eigenvalue weighted by Crippen LogP contribution is -2.46. The topological polar surface area (TPSA) is 72.6 Å². The highest BCUT2D eigenvalue weighted by Gasteiger charge is 2.32. The first-order valence-electron chi connectivity index (χ1n) is 7.54. The van der Waals surface area contributed by atoms with Crippen molar-refractivity contribution in [2.45, 2.75) is 19.3 Å². The highest BCUT2D eigenvalue weighted by Crippen LogP contribution is 2.31. The maximum absolute atomic E-state index is 12.6. The van der Waals surface area contributed by atoms with Crippen LogP contribution in [0.4, 0.5) is 0 Å². The summed E-state index contributed by atoms with van der Waals surface area (Å²) in [6, 6.07) is 5.49. The highest BCUT2D eigenvalue weighted by molar-refractivity contribution is 6.30. The van der Waals surface area contributed by atoms with Crippen LogP contribution in [0, 0.1) is 11.8 Å². The molecule has 1 aromatic rings. The number of fused-ring (bicyclic) bond motifs is 1. The Bertz CT molecular complexity index is 597. The number of amides is 2. The molecule has 2 aliphatic rings. The van der Waals surface area contributed by atoms with Gasteiger partial charge in [-0.05, 0) is 43.0 Å². The minimum Gasteiger partial charge on any atom is -0.492 e. The number of halogens is 1. The number of nitrogens with two attached hydrogens (primary N) is 1. The van der Waals surface area contributed by atoms with Crippen molar-refractivity contribution in [3.63, 3.8) is 0 Å². The minimum atomic E-state index is -0.267. The molecule has 5 nitrogen and oxygen atoms in total. The van der Waals surface area contributed by atoms with Crippen molar-refractivity contribution in [1.82, 2.24) is 4.90 Å². The van der Waals surface area contributed by atoms with Gasteiger partial charge in [0, 0.05) is 24.0 Å². The van der Waals surface area contributed by atoms with E-state index in [0.29, 0.717) is 44.0 Å². The first kappa shape index (κ1) is 15.2. The van der Waals surface area contributed by atoms with E-state index in [-0.39, 0.29) is 23.7 Å². The largest absolute Gasteiger partial charge is 0.492 e. The molecule has 2 N–H and O–H groups in total. The van der Waals surface area contributed by atoms with E-state index in [2.05, 4.69) is 0 Å². The van der Waals surface area contributed by atoms with E-state index in [1.807, 2.05) is 17.0 Å². The van der Waals surface area contributed by atoms with Gasteiger partial charge in [0.25, 0.3) is 0 Å². The summed E-state index contributed by atoms with van der Waals surface area (Å²) >= 11 is 6.00. The fourth-order valence-electron chi connectivity index (χ4n) is 3.16. The Morgan fingerprint density at radius 3 is 2.64 bits per heavy atom. The quantitative estimate of drug-likeness (QED) is 0.899. The molecule has 2 amide bonds. The van der Waals surface area contributed by atoms with Crippen LogP contribution in [0.25, 0.3) is 0 Å². The molecular formula is C16H19ClN2O3. The van der Waals surface area contributed by atoms with Crippen LogP contribution in [0.3, 0.4) is 0 Å². The van der Waals surface area contributed by atoms with Crippen molar-refractivity contribution in [3.05, 3.63) is 28.8 Å². The van der Waals surface area contributed by atoms with Crippen LogP contribution >= 0.6 is 11.6 Å². The van der Waals surface area contributed by atoms with E-state index in [0.717, 1.165) is 11.3 Å². The first-order chi connectivity index (χ1) is 10.5. The fraction of sp³-hybridized carbons (Fsp3) is 0.500. The molecular weight excluding hydrogens is 304 g/mol. The standard InChI is InChI=1S/C16H19ClN2O3/c17-13-1-2-14-11(8-13)7-12(9-22-14)16(21)19-5-3-10(4-6-19)15(18)20/h1-2,8,10,12H,3-7,9H2,(H2,18,20)/t12-/m1/s1. The Kier molecular flexibility index (Phi) is 4.25. The molecule has 0 spiro atoms. The molecule has 1 saturated heterocycles. The zero-order valence-electron chi connectivity index (χ0n) is 12.3. The number of carbonyl (C=O) groups excluding carboxylic acids is 2. The maximum atomic E-state index is 12.6. The van der Waals surface area contributed by atoms with Gasteiger partial charge in [0.05, 0.1) is 5.92 Å². The molecule has 1 aromatic carbocycles. The zero-order chi connectivity index (χ0) is 15.7. The van der Waals surface area contributed by atoms with Gasteiger partial charge in [-0.1, -0.05) is 11.6 Å². The molecule has 0 unspecified atom stereocenters. The molecule has 2 heterocycles. The van der Waals surface area contributed by atoms with Gasteiger partial charge in [-0.3, -0.25) is 9.59 Å². The molecule has 3 rings (SSSR count). The Labute approximate surface area is 134 Å². The summed E-state index contributed by atoms with van der Waals surface area (Å²) in [4.78, 5) is 25.6. The van der Waals surface area contributed by atoms with Crippen LogP contribution in [-0.4, -0.2) is 36.4 Å². The summed E-state index contributed by atoms with van der Waals surface area (Å²) < 4.78 is 5.68. The summed E-state index contributed by atoms with van der Waals surface area (Å²) in [7, 11) is 0. The van der Waals surface area contributed by atoms with E-state index >= 15 is 0 Å². The highest BCUT2D eigenvalue weighted by atomic mass is 35.5. The number of likely N-dealkylation sites (tertiary alicyclic amines) is 1. The molecule has 0 saturated carbocycles. The molecule has 1 fully saturated rings. The van der Waals surface area contributed by atoms with Crippen LogP contribution in [-0.2, 0) is 16.0 Å². The number of ether oxygens (including phenoxy) is 1. The van der Waals surface area contributed by atoms with Crippen LogP contribution < -0.4 is 10.5 Å². The average molecular weight is 323 g/mol. The summed E-state index contributed by atoms with van der Waals surface area (Å²) in [5.41, 5.74) is 6.30. The van der Waals surface area contributed by atoms with Crippen molar-refractivity contribution in [1.29, 1.82) is 0 Å². The van der Waals surface area contributed by atoms with E-state index in [1.54, 1.807) is 6.07 Å². The second kappa shape index (κ2) is 6.16. The van der Waals surface area contributed by atoms with E-state index < -0.39 is 0 Å². The number of rotatable bonds is 2. The Balaban J connectivity index is 1.63. The zero-order valence-corrected chi connectivity index (χ0v) is 13.0. The van der Waals surface area contributed by atoms with Gasteiger partial charge in [0.1, 0.15) is 12.4 Å². The normalized spacial score (nSPS) is 21.9. The smallest absolute Gasteiger partial charge is 0.229 e. The monoisotopic (exact) mass is 322 g/mol. The van der Waals surface area contributed by atoms with Gasteiger partial charge in [-0.15, -0.1) is 0 Å². The van der Waals surface area contributed by atoms with Crippen LogP contribution in [0.1, 0.15) is 18.4 Å². The molecule has 0 bridgehead atoms. The third-order valence-electron chi connectivity index (χ3n) is 4.49. The number of nitrogens with zero attached hydrogens (tertiary/aromatic N) is 1. The second-order valence-electron chi connectivity index (χ2n) is 5.97. The van der Waals surface area contributed by atoms with Gasteiger partial charge in [-0.25, -0.2) is 0 Å². The van der Waals surface area contributed by atoms with Crippen molar-refractivity contribution in [2.24, 2.45) is 17.6 Å². The summed E-state index contributed by atoms with van der Waals surface area (Å²) in [6.07, 6.45) is 1.94. The number of piperidine rings is 1. The molecule has 6 heteroatoms. The van der Waals surface area contributed by atoms with Crippen molar-refractivity contribution in [3.8, 4) is 5.75 Å². The third kappa shape index (κ3) is 3.04. The van der Waals surface area contributed by atoms with Crippen LogP contribution in [0.5, 0.6) is 5.75 Å². The van der Waals surface area contributed by atoms with Gasteiger partial charge in [-0.2, -0.15) is 0 Å². The van der Waals surface area contributed by atoms with E-state index in [1.165, 1.54) is 0 Å². The van der Waals surface area contributed by atoms with Crippen molar-refractivity contribution < 1.29 is 14.3 Å². The van der Waals surface area contributed by atoms with Crippen molar-refractivity contribution >= 4 is 23.4 Å². The van der Waals surface area contributed by atoms with Crippen molar-refractivity contribution in [2.75, 3.05) is 19.7 Å². The molecule has 118 valence electrons. The van der Waals surface area contributed by atoms with Gasteiger partial charge >= 0.3 is 0 Å². The molecule has 2 aliphatic heterocycles. The summed E-state index contributed by atoms with van der Waals surface area (Å²) in [5.74, 6) is 0.341. The molecule has 0 aliphatic carbocycles. The third-order valence-corrected chi connectivity index (χ3v) is 4.72. The lowest BCUT2D eigenvalue weighted by molar-refractivity contribution is -0.139. The van der Waals surface area contributed by atoms with Crippen LogP contribution in [0.15, 0.2) is 18.2 Å². The number of primary amides is 1. The Morgan fingerprint density at radius 1 is 1.23 bits per heavy atom. The molecule has 22 heavy (non-hydrogen) atoms.